The molecule has 0 amide bonds. The van der Waals surface area contributed by atoms with Gasteiger partial charge < -0.3 is 0 Å². The first-order chi connectivity index (χ1) is 7.58. The van der Waals surface area contributed by atoms with E-state index in [1.807, 2.05) is 0 Å². The van der Waals surface area contributed by atoms with Crippen LogP contribution in [-0.4, -0.2) is 15.3 Å². The number of nitro groups is 1. The van der Waals surface area contributed by atoms with Crippen LogP contribution in [0.1, 0.15) is 0 Å². The van der Waals surface area contributed by atoms with E-state index in [9.17, 15) is 14.9 Å². The summed E-state index contributed by atoms with van der Waals surface area (Å²) in [6.07, 6.45) is 0. The Morgan fingerprint density at radius 2 is 2.31 bits per heavy atom. The van der Waals surface area contributed by atoms with Crippen LogP contribution in [0.25, 0.3) is 5.69 Å². The highest BCUT2D eigenvalue weighted by Crippen LogP contribution is 2.20. The predicted molar refractivity (Wildman–Crippen MR) is 50.3 cm³/mol. The second-order valence-corrected chi connectivity index (χ2v) is 3.18. The molecule has 0 aliphatic heterocycles. The number of halogens is 1. The molecule has 0 saturated carbocycles. The molecule has 0 fully saturated rings. The molecule has 0 radical (unpaired) electrons. The maximum absolute atomic E-state index is 10.7. The Balaban J connectivity index is 2.59. The molecule has 0 atom stereocenters. The van der Waals surface area contributed by atoms with Gasteiger partial charge in [-0.25, -0.2) is 9.32 Å². The van der Waals surface area contributed by atoms with Crippen LogP contribution in [0, 0.1) is 10.1 Å². The fraction of sp³-hybridized carbons (Fsp3) is 0. The van der Waals surface area contributed by atoms with E-state index < -0.39 is 10.7 Å². The lowest BCUT2D eigenvalue weighted by Gasteiger charge is -1.92. The number of rotatable bonds is 2. The molecule has 0 aliphatic rings. The van der Waals surface area contributed by atoms with E-state index in [0.29, 0.717) is 0 Å². The molecular weight excluding hydrogens is 240 g/mol. The van der Waals surface area contributed by atoms with Crippen LogP contribution >= 0.6 is 11.6 Å². The minimum absolute atomic E-state index is 0.154. The van der Waals surface area contributed by atoms with E-state index >= 15 is 0 Å². The van der Waals surface area contributed by atoms with E-state index in [-0.39, 0.29) is 16.4 Å². The van der Waals surface area contributed by atoms with Crippen molar-refractivity contribution in [1.82, 2.24) is 10.4 Å². The molecule has 0 aliphatic carbocycles. The molecular formula is C7H4ClN4O4+. The number of hydrogen-bond acceptors (Lipinski definition) is 5. The van der Waals surface area contributed by atoms with Crippen molar-refractivity contribution in [2.24, 2.45) is 0 Å². The number of aromatic nitrogens is 3. The molecule has 1 aromatic heterocycles. The first-order valence-electron chi connectivity index (χ1n) is 4.00. The van der Waals surface area contributed by atoms with Crippen molar-refractivity contribution in [3.05, 3.63) is 43.9 Å². The summed E-state index contributed by atoms with van der Waals surface area (Å²) in [4.78, 5) is 21.6. The number of nitrogens with zero attached hydrogens (tertiary/aromatic N) is 3. The molecule has 1 aromatic carbocycles. The van der Waals surface area contributed by atoms with Gasteiger partial charge in [-0.3, -0.25) is 10.1 Å². The van der Waals surface area contributed by atoms with E-state index in [1.54, 1.807) is 0 Å². The summed E-state index contributed by atoms with van der Waals surface area (Å²) in [5.41, 5.74) is -0.0162. The van der Waals surface area contributed by atoms with Gasteiger partial charge in [0.15, 0.2) is 0 Å². The van der Waals surface area contributed by atoms with Gasteiger partial charge in [-0.15, -0.1) is 0 Å². The quantitative estimate of drug-likeness (QED) is 0.461. The molecule has 8 nitrogen and oxygen atoms in total. The smallest absolute Gasteiger partial charge is 0.258 e. The van der Waals surface area contributed by atoms with Crippen LogP contribution in [0.2, 0.25) is 5.02 Å². The number of non-ortho nitro benzene ring substituents is 1. The highest BCUT2D eigenvalue weighted by molar-refractivity contribution is 6.32. The predicted octanol–water partition coefficient (Wildman–Crippen LogP) is 0.201. The second kappa shape index (κ2) is 3.74. The van der Waals surface area contributed by atoms with Gasteiger partial charge in [0.2, 0.25) is 5.27 Å². The lowest BCUT2D eigenvalue weighted by atomic mass is 10.3. The molecule has 0 spiro atoms. The lowest BCUT2D eigenvalue weighted by molar-refractivity contribution is -0.725. The average Bonchev–Trinajstić information content (AvgIpc) is 2.65. The van der Waals surface area contributed by atoms with Crippen molar-refractivity contribution in [3.8, 4) is 5.69 Å². The molecule has 2 aromatic rings. The molecule has 9 heteroatoms. The Kier molecular flexibility index (Phi) is 2.41. The lowest BCUT2D eigenvalue weighted by Crippen LogP contribution is -2.37. The monoisotopic (exact) mass is 243 g/mol. The SMILES string of the molecule is O=c1[nH][n+](-c2cc([N+](=O)[O-])ccc2Cl)no1. The first-order valence-corrected chi connectivity index (χ1v) is 4.38. The van der Waals surface area contributed by atoms with E-state index in [0.717, 1.165) is 4.80 Å². The van der Waals surface area contributed by atoms with Crippen molar-refractivity contribution in [2.45, 2.75) is 0 Å². The summed E-state index contributed by atoms with van der Waals surface area (Å²) in [7, 11) is 0. The summed E-state index contributed by atoms with van der Waals surface area (Å²) in [6, 6.07) is 3.74. The van der Waals surface area contributed by atoms with Gasteiger partial charge in [-0.1, -0.05) is 16.7 Å². The van der Waals surface area contributed by atoms with Gasteiger partial charge in [-0.2, -0.15) is 0 Å². The van der Waals surface area contributed by atoms with Gasteiger partial charge in [-0.05, 0) is 6.07 Å². The number of H-pyrrole nitrogens is 1. The van der Waals surface area contributed by atoms with Crippen LogP contribution in [0.4, 0.5) is 5.69 Å². The Bertz CT molecular complexity index is 604. The van der Waals surface area contributed by atoms with Gasteiger partial charge >= 0.3 is 5.76 Å². The zero-order chi connectivity index (χ0) is 11.7. The highest BCUT2D eigenvalue weighted by atomic mass is 35.5. The third-order valence-electron chi connectivity index (χ3n) is 1.77. The van der Waals surface area contributed by atoms with Crippen molar-refractivity contribution >= 4 is 17.3 Å². The standard InChI is InChI=1S/C7H3ClN4O4/c8-5-2-1-4(12(14)15)3-6(5)11-9-7(13)16-10-11/h1-3H/p+1. The van der Waals surface area contributed by atoms with Crippen LogP contribution in [0.3, 0.4) is 0 Å². The minimum Gasteiger partial charge on any atom is -0.258 e. The van der Waals surface area contributed by atoms with Crippen molar-refractivity contribution < 1.29 is 14.2 Å². The molecule has 82 valence electrons. The Hall–Kier alpha value is -2.22. The topological polar surface area (TPSA) is 106 Å². The third kappa shape index (κ3) is 1.77. The van der Waals surface area contributed by atoms with Crippen molar-refractivity contribution in [3.63, 3.8) is 0 Å². The fourth-order valence-corrected chi connectivity index (χ4v) is 1.28. The van der Waals surface area contributed by atoms with Crippen LogP contribution in [0.15, 0.2) is 27.5 Å². The minimum atomic E-state index is -0.789. The van der Waals surface area contributed by atoms with Gasteiger partial charge in [0.05, 0.1) is 15.8 Å². The molecule has 0 unspecified atom stereocenters. The number of hydrogen-bond donors (Lipinski definition) is 1. The Labute approximate surface area is 92.2 Å². The van der Waals surface area contributed by atoms with Crippen LogP contribution < -0.4 is 10.6 Å². The molecule has 0 saturated heterocycles. The zero-order valence-corrected chi connectivity index (χ0v) is 8.34. The molecule has 0 bridgehead atoms. The summed E-state index contributed by atoms with van der Waals surface area (Å²) in [5.74, 6) is -0.789. The Morgan fingerprint density at radius 1 is 1.56 bits per heavy atom. The molecule has 2 rings (SSSR count). The molecule has 16 heavy (non-hydrogen) atoms. The van der Waals surface area contributed by atoms with E-state index in [4.69, 9.17) is 11.6 Å². The second-order valence-electron chi connectivity index (χ2n) is 2.78. The summed E-state index contributed by atoms with van der Waals surface area (Å²) in [5, 5.41) is 16.2. The average molecular weight is 244 g/mol. The summed E-state index contributed by atoms with van der Waals surface area (Å²) >= 11 is 5.80. The number of benzene rings is 1. The third-order valence-corrected chi connectivity index (χ3v) is 2.09. The van der Waals surface area contributed by atoms with Gasteiger partial charge in [0, 0.05) is 6.07 Å². The van der Waals surface area contributed by atoms with Crippen molar-refractivity contribution in [1.29, 1.82) is 0 Å². The van der Waals surface area contributed by atoms with Gasteiger partial charge in [0.1, 0.15) is 5.02 Å². The maximum atomic E-state index is 10.7. The van der Waals surface area contributed by atoms with Crippen molar-refractivity contribution in [2.75, 3.05) is 0 Å². The van der Waals surface area contributed by atoms with E-state index in [2.05, 4.69) is 14.9 Å². The summed E-state index contributed by atoms with van der Waals surface area (Å²) < 4.78 is 4.25. The van der Waals surface area contributed by atoms with E-state index in [1.165, 1.54) is 18.2 Å². The maximum Gasteiger partial charge on any atom is 0.493 e. The largest absolute Gasteiger partial charge is 0.493 e. The number of nitrogens with one attached hydrogen (secondary N) is 1. The van der Waals surface area contributed by atoms with Gasteiger partial charge in [0.25, 0.3) is 11.4 Å². The van der Waals surface area contributed by atoms with Crippen LogP contribution in [0.5, 0.6) is 0 Å². The van der Waals surface area contributed by atoms with Crippen LogP contribution in [-0.2, 0) is 0 Å². The number of aromatic amines is 1. The summed E-state index contributed by atoms with van der Waals surface area (Å²) in [6.45, 7) is 0. The first kappa shape index (κ1) is 10.3. The highest BCUT2D eigenvalue weighted by Gasteiger charge is 2.21. The Morgan fingerprint density at radius 3 is 2.88 bits per heavy atom. The molecule has 1 N–H and O–H groups in total. The normalized spacial score (nSPS) is 10.3. The fourth-order valence-electron chi connectivity index (χ4n) is 1.09. The molecule has 1 heterocycles. The number of nitro benzene ring substituents is 1. The zero-order valence-electron chi connectivity index (χ0n) is 7.58.